The third-order valence-corrected chi connectivity index (χ3v) is 5.62. The summed E-state index contributed by atoms with van der Waals surface area (Å²) >= 11 is 0. The van der Waals surface area contributed by atoms with Crippen molar-refractivity contribution in [3.8, 4) is 0 Å². The van der Waals surface area contributed by atoms with Crippen LogP contribution in [0.2, 0.25) is 0 Å². The van der Waals surface area contributed by atoms with Gasteiger partial charge in [0.1, 0.15) is 0 Å². The molecule has 1 heterocycles. The van der Waals surface area contributed by atoms with Crippen LogP contribution in [0.25, 0.3) is 0 Å². The molecule has 1 N–H and O–H groups in total. The molecule has 3 rings (SSSR count). The van der Waals surface area contributed by atoms with E-state index in [1.54, 1.807) is 25.9 Å². The molecule has 3 amide bonds. The number of fused-ring (bicyclic) bond motifs is 2. The highest BCUT2D eigenvalue weighted by atomic mass is 16.2. The van der Waals surface area contributed by atoms with Crippen LogP contribution in [0.1, 0.15) is 48.9 Å². The molecule has 5 nitrogen and oxygen atoms in total. The van der Waals surface area contributed by atoms with Crippen molar-refractivity contribution in [3.63, 3.8) is 0 Å². The molecule has 2 aliphatic rings. The molecule has 1 aromatic rings. The highest BCUT2D eigenvalue weighted by Gasteiger charge is 2.46. The molecule has 0 aromatic heterocycles. The lowest BCUT2D eigenvalue weighted by atomic mass is 9.73. The van der Waals surface area contributed by atoms with Gasteiger partial charge in [-0.15, -0.1) is 0 Å². The van der Waals surface area contributed by atoms with Crippen molar-refractivity contribution in [2.45, 2.75) is 44.6 Å². The summed E-state index contributed by atoms with van der Waals surface area (Å²) in [5.41, 5.74) is 3.91. The van der Waals surface area contributed by atoms with Gasteiger partial charge in [0.05, 0.1) is 6.04 Å². The number of piperidine rings is 1. The van der Waals surface area contributed by atoms with Gasteiger partial charge in [-0.1, -0.05) is 23.8 Å². The Morgan fingerprint density at radius 2 is 1.92 bits per heavy atom. The zero-order chi connectivity index (χ0) is 17.5. The molecule has 0 saturated carbocycles. The normalized spacial score (nSPS) is 21.5. The molecule has 0 bridgehead atoms. The van der Waals surface area contributed by atoms with E-state index in [1.807, 2.05) is 4.90 Å². The SMILES string of the molecule is CC(=O)N1CCC2(CC1)C[C@@H](NC(=O)N(C)C)c1cc(C)ccc12. The predicted octanol–water partition coefficient (Wildman–Crippen LogP) is 2.59. The Labute approximate surface area is 144 Å². The van der Waals surface area contributed by atoms with Gasteiger partial charge in [-0.2, -0.15) is 0 Å². The Kier molecular flexibility index (Phi) is 4.28. The first-order chi connectivity index (χ1) is 11.3. The summed E-state index contributed by atoms with van der Waals surface area (Å²) in [6.45, 7) is 5.34. The molecular weight excluding hydrogens is 302 g/mol. The van der Waals surface area contributed by atoms with Gasteiger partial charge in [-0.25, -0.2) is 4.79 Å². The summed E-state index contributed by atoms with van der Waals surface area (Å²) in [6.07, 6.45) is 2.87. The molecular formula is C19H27N3O2. The molecule has 24 heavy (non-hydrogen) atoms. The van der Waals surface area contributed by atoms with Crippen LogP contribution < -0.4 is 5.32 Å². The maximum Gasteiger partial charge on any atom is 0.317 e. The molecule has 130 valence electrons. The number of urea groups is 1. The van der Waals surface area contributed by atoms with Gasteiger partial charge in [0.15, 0.2) is 0 Å². The molecule has 1 aliphatic carbocycles. The van der Waals surface area contributed by atoms with Gasteiger partial charge in [0.2, 0.25) is 5.91 Å². The zero-order valence-electron chi connectivity index (χ0n) is 15.1. The van der Waals surface area contributed by atoms with Gasteiger partial charge in [0, 0.05) is 39.5 Å². The monoisotopic (exact) mass is 329 g/mol. The smallest absolute Gasteiger partial charge is 0.317 e. The van der Waals surface area contributed by atoms with E-state index in [0.717, 1.165) is 32.4 Å². The first kappa shape index (κ1) is 16.8. The number of likely N-dealkylation sites (tertiary alicyclic amines) is 1. The zero-order valence-corrected chi connectivity index (χ0v) is 15.1. The number of carbonyl (C=O) groups is 2. The van der Waals surface area contributed by atoms with E-state index in [2.05, 4.69) is 30.4 Å². The Bertz CT molecular complexity index is 661. The van der Waals surface area contributed by atoms with Crippen molar-refractivity contribution in [3.05, 3.63) is 34.9 Å². The third-order valence-electron chi connectivity index (χ3n) is 5.62. The van der Waals surface area contributed by atoms with E-state index in [0.29, 0.717) is 0 Å². The van der Waals surface area contributed by atoms with Crippen molar-refractivity contribution in [2.75, 3.05) is 27.2 Å². The van der Waals surface area contributed by atoms with Gasteiger partial charge < -0.3 is 15.1 Å². The average molecular weight is 329 g/mol. The van der Waals surface area contributed by atoms with E-state index in [4.69, 9.17) is 0 Å². The second kappa shape index (κ2) is 6.11. The molecule has 1 aliphatic heterocycles. The Morgan fingerprint density at radius 3 is 2.50 bits per heavy atom. The van der Waals surface area contributed by atoms with Gasteiger partial charge >= 0.3 is 6.03 Å². The second-order valence-electron chi connectivity index (χ2n) is 7.48. The molecule has 1 saturated heterocycles. The van der Waals surface area contributed by atoms with Crippen molar-refractivity contribution in [1.29, 1.82) is 0 Å². The first-order valence-electron chi connectivity index (χ1n) is 8.67. The average Bonchev–Trinajstić information content (AvgIpc) is 2.80. The largest absolute Gasteiger partial charge is 0.343 e. The molecule has 0 radical (unpaired) electrons. The Hall–Kier alpha value is -2.04. The summed E-state index contributed by atoms with van der Waals surface area (Å²) in [6, 6.07) is 6.61. The van der Waals surface area contributed by atoms with Crippen molar-refractivity contribution < 1.29 is 9.59 Å². The second-order valence-corrected chi connectivity index (χ2v) is 7.48. The van der Waals surface area contributed by atoms with Crippen LogP contribution in [-0.2, 0) is 10.2 Å². The van der Waals surface area contributed by atoms with Gasteiger partial charge in [-0.05, 0) is 37.3 Å². The lowest BCUT2D eigenvalue weighted by Crippen LogP contribution is -2.44. The van der Waals surface area contributed by atoms with Crippen LogP contribution in [0.4, 0.5) is 4.79 Å². The van der Waals surface area contributed by atoms with Gasteiger partial charge in [-0.3, -0.25) is 4.79 Å². The van der Waals surface area contributed by atoms with Crippen molar-refractivity contribution in [2.24, 2.45) is 0 Å². The summed E-state index contributed by atoms with van der Waals surface area (Å²) in [7, 11) is 3.53. The van der Waals surface area contributed by atoms with E-state index >= 15 is 0 Å². The van der Waals surface area contributed by atoms with Gasteiger partial charge in [0.25, 0.3) is 0 Å². The maximum absolute atomic E-state index is 12.2. The van der Waals surface area contributed by atoms with Crippen LogP contribution in [0, 0.1) is 6.92 Å². The number of nitrogens with one attached hydrogen (secondary N) is 1. The number of amides is 3. The third kappa shape index (κ3) is 2.87. The fraction of sp³-hybridized carbons (Fsp3) is 0.579. The Balaban J connectivity index is 1.89. The van der Waals surface area contributed by atoms with E-state index < -0.39 is 0 Å². The van der Waals surface area contributed by atoms with E-state index in [9.17, 15) is 9.59 Å². The van der Waals surface area contributed by atoms with Crippen molar-refractivity contribution in [1.82, 2.24) is 15.1 Å². The number of benzene rings is 1. The summed E-state index contributed by atoms with van der Waals surface area (Å²) in [4.78, 5) is 27.3. The number of nitrogens with zero attached hydrogens (tertiary/aromatic N) is 2. The van der Waals surface area contributed by atoms with Crippen LogP contribution >= 0.6 is 0 Å². The van der Waals surface area contributed by atoms with E-state index in [-0.39, 0.29) is 23.4 Å². The number of hydrogen-bond donors (Lipinski definition) is 1. The van der Waals surface area contributed by atoms with Crippen LogP contribution in [0.3, 0.4) is 0 Å². The highest BCUT2D eigenvalue weighted by molar-refractivity contribution is 5.75. The fourth-order valence-electron chi connectivity index (χ4n) is 4.19. The molecule has 5 heteroatoms. The lowest BCUT2D eigenvalue weighted by molar-refractivity contribution is -0.130. The van der Waals surface area contributed by atoms with Crippen LogP contribution in [0.5, 0.6) is 0 Å². The Morgan fingerprint density at radius 1 is 1.25 bits per heavy atom. The van der Waals surface area contributed by atoms with Crippen LogP contribution in [-0.4, -0.2) is 48.9 Å². The minimum Gasteiger partial charge on any atom is -0.343 e. The summed E-state index contributed by atoms with van der Waals surface area (Å²) in [5, 5.41) is 3.17. The fourth-order valence-corrected chi connectivity index (χ4v) is 4.19. The maximum atomic E-state index is 12.2. The summed E-state index contributed by atoms with van der Waals surface area (Å²) in [5.74, 6) is 0.157. The molecule has 0 unspecified atom stereocenters. The molecule has 1 fully saturated rings. The summed E-state index contributed by atoms with van der Waals surface area (Å²) < 4.78 is 0. The topological polar surface area (TPSA) is 52.7 Å². The first-order valence-corrected chi connectivity index (χ1v) is 8.67. The molecule has 1 aromatic carbocycles. The lowest BCUT2D eigenvalue weighted by Gasteiger charge is -2.40. The van der Waals surface area contributed by atoms with E-state index in [1.165, 1.54) is 16.7 Å². The minimum atomic E-state index is -0.0503. The van der Waals surface area contributed by atoms with Crippen LogP contribution in [0.15, 0.2) is 18.2 Å². The highest BCUT2D eigenvalue weighted by Crippen LogP contribution is 2.51. The van der Waals surface area contributed by atoms with Crippen molar-refractivity contribution >= 4 is 11.9 Å². The molecule has 1 atom stereocenters. The predicted molar refractivity (Wildman–Crippen MR) is 93.9 cm³/mol. The number of carbonyl (C=O) groups excluding carboxylic acids is 2. The number of rotatable bonds is 1. The quantitative estimate of drug-likeness (QED) is 0.861. The number of hydrogen-bond acceptors (Lipinski definition) is 2. The molecule has 1 spiro atoms. The standard InChI is InChI=1S/C19H27N3O2/c1-13-5-6-16-15(11-13)17(20-18(24)21(3)4)12-19(16)7-9-22(10-8-19)14(2)23/h5-6,11,17H,7-10,12H2,1-4H3,(H,20,24)/t17-/m1/s1. The number of aryl methyl sites for hydroxylation is 1. The minimum absolute atomic E-state index is 0.0503.